The molecule has 0 aliphatic carbocycles. The number of hydrogen-bond acceptors (Lipinski definition) is 3. The first-order valence-electron chi connectivity index (χ1n) is 10.5. The molecule has 3 atom stereocenters. The molecule has 0 bridgehead atoms. The smallest absolute Gasteiger partial charge is 0.192 e. The highest BCUT2D eigenvalue weighted by Crippen LogP contribution is 2.34. The van der Waals surface area contributed by atoms with Gasteiger partial charge in [-0.25, -0.2) is 0 Å². The van der Waals surface area contributed by atoms with Gasteiger partial charge in [0.15, 0.2) is 14.4 Å². The molecule has 1 aromatic carbocycles. The van der Waals surface area contributed by atoms with Crippen LogP contribution in [0.1, 0.15) is 53.5 Å². The molecule has 5 heteroatoms. The Bertz CT molecular complexity index is 622. The Balaban J connectivity index is 2.22. The first-order valence-corrected chi connectivity index (χ1v) is 13.8. The van der Waals surface area contributed by atoms with Crippen LogP contribution in [0.5, 0.6) is 0 Å². The van der Waals surface area contributed by atoms with Gasteiger partial charge in [0.2, 0.25) is 0 Å². The molecular weight excluding hydrogens is 418 g/mol. The van der Waals surface area contributed by atoms with Crippen molar-refractivity contribution in [3.63, 3.8) is 0 Å². The van der Waals surface area contributed by atoms with Crippen LogP contribution in [-0.2, 0) is 15.7 Å². The van der Waals surface area contributed by atoms with Crippen LogP contribution in [0, 0.1) is 11.8 Å². The second-order valence-electron chi connectivity index (χ2n) is 8.22. The van der Waals surface area contributed by atoms with E-state index >= 15 is 0 Å². The van der Waals surface area contributed by atoms with E-state index in [2.05, 4.69) is 86.9 Å². The largest absolute Gasteiger partial charge is 0.410 e. The van der Waals surface area contributed by atoms with Gasteiger partial charge in [-0.05, 0) is 55.4 Å². The first kappa shape index (κ1) is 22.6. The van der Waals surface area contributed by atoms with Gasteiger partial charge < -0.3 is 9.26 Å². The molecule has 152 valence electrons. The summed E-state index contributed by atoms with van der Waals surface area (Å²) < 4.78 is 7.91. The summed E-state index contributed by atoms with van der Waals surface area (Å²) in [6.45, 7) is 13.5. The summed E-state index contributed by atoms with van der Waals surface area (Å²) in [4.78, 5) is 6.00. The van der Waals surface area contributed by atoms with E-state index in [0.717, 1.165) is 35.4 Å². The molecule has 1 aliphatic heterocycles. The molecule has 2 rings (SSSR count). The minimum absolute atomic E-state index is 0.00220. The van der Waals surface area contributed by atoms with Gasteiger partial charge in [-0.3, -0.25) is 0 Å². The minimum Gasteiger partial charge on any atom is -0.410 e. The lowest BCUT2D eigenvalue weighted by molar-refractivity contribution is -0.0205. The fourth-order valence-corrected chi connectivity index (χ4v) is 7.44. The number of rotatable bonds is 10. The lowest BCUT2D eigenvalue weighted by atomic mass is 9.85. The predicted octanol–water partition coefficient (Wildman–Crippen LogP) is 6.82. The Morgan fingerprint density at radius 2 is 1.74 bits per heavy atom. The summed E-state index contributed by atoms with van der Waals surface area (Å²) in [5.74, 6) is 0.845. The fourth-order valence-electron chi connectivity index (χ4n) is 4.08. The zero-order valence-corrected chi connectivity index (χ0v) is 20.4. The number of halogens is 1. The normalized spacial score (nSPS) is 21.3. The second kappa shape index (κ2) is 10.2. The van der Waals surface area contributed by atoms with Gasteiger partial charge in [0.1, 0.15) is 0 Å². The molecule has 1 aromatic rings. The third-order valence-electron chi connectivity index (χ3n) is 5.96. The lowest BCUT2D eigenvalue weighted by Gasteiger charge is -2.35. The van der Waals surface area contributed by atoms with Crippen molar-refractivity contribution in [2.75, 3.05) is 0 Å². The Morgan fingerprint density at radius 3 is 2.30 bits per heavy atom. The van der Waals surface area contributed by atoms with Gasteiger partial charge in [0.25, 0.3) is 0 Å². The van der Waals surface area contributed by atoms with Crippen molar-refractivity contribution < 1.29 is 9.26 Å². The van der Waals surface area contributed by atoms with Gasteiger partial charge in [-0.1, -0.05) is 73.9 Å². The van der Waals surface area contributed by atoms with E-state index in [1.54, 1.807) is 0 Å². The van der Waals surface area contributed by atoms with Crippen LogP contribution in [0.4, 0.5) is 0 Å². The average Bonchev–Trinajstić information content (AvgIpc) is 3.03. The molecular formula is C22H36BrNO2Si. The maximum atomic E-state index is 6.75. The van der Waals surface area contributed by atoms with Crippen molar-refractivity contribution in [1.82, 2.24) is 0 Å². The molecule has 0 saturated heterocycles. The van der Waals surface area contributed by atoms with E-state index in [0.29, 0.717) is 5.92 Å². The lowest BCUT2D eigenvalue weighted by Crippen LogP contribution is -2.45. The van der Waals surface area contributed by atoms with E-state index < -0.39 is 8.32 Å². The van der Waals surface area contributed by atoms with Crippen molar-refractivity contribution in [3.05, 3.63) is 34.3 Å². The number of benzene rings is 1. The Hall–Kier alpha value is -0.653. The SMILES string of the molecule is CC[Si](CC)(CC)O[C@H](C)[C@@H]1ON=C(CC(C)C)[C@H]1Cc1ccccc1Br. The van der Waals surface area contributed by atoms with E-state index in [1.165, 1.54) is 11.3 Å². The van der Waals surface area contributed by atoms with Crippen LogP contribution < -0.4 is 0 Å². The molecule has 1 heterocycles. The highest BCUT2D eigenvalue weighted by molar-refractivity contribution is 9.10. The molecule has 0 radical (unpaired) electrons. The molecule has 0 fully saturated rings. The third kappa shape index (κ3) is 5.67. The number of hydrogen-bond donors (Lipinski definition) is 0. The quantitative estimate of drug-likeness (QED) is 0.363. The zero-order valence-electron chi connectivity index (χ0n) is 17.8. The maximum Gasteiger partial charge on any atom is 0.192 e. The standard InChI is InChI=1S/C22H36BrNO2Si/c1-7-27(8-2,9-3)26-17(6)22-19(21(24-25-22)14-16(4)5)15-18-12-10-11-13-20(18)23/h10-13,16-17,19,22H,7-9,14-15H2,1-6H3/t17-,19-,22+/m1/s1. The highest BCUT2D eigenvalue weighted by atomic mass is 79.9. The van der Waals surface area contributed by atoms with Crippen molar-refractivity contribution in [2.45, 2.75) is 84.7 Å². The molecule has 27 heavy (non-hydrogen) atoms. The van der Waals surface area contributed by atoms with Crippen molar-refractivity contribution in [1.29, 1.82) is 0 Å². The molecule has 3 nitrogen and oxygen atoms in total. The summed E-state index contributed by atoms with van der Waals surface area (Å²) in [5.41, 5.74) is 2.50. The summed E-state index contributed by atoms with van der Waals surface area (Å²) in [6, 6.07) is 12.0. The van der Waals surface area contributed by atoms with E-state index in [4.69, 9.17) is 9.26 Å². The van der Waals surface area contributed by atoms with Gasteiger partial charge in [-0.15, -0.1) is 0 Å². The van der Waals surface area contributed by atoms with Crippen LogP contribution >= 0.6 is 15.9 Å². The average molecular weight is 455 g/mol. The summed E-state index contributed by atoms with van der Waals surface area (Å²) in [5, 5.41) is 4.53. The first-order chi connectivity index (χ1) is 12.9. The Labute approximate surface area is 175 Å². The van der Waals surface area contributed by atoms with Gasteiger partial charge in [0, 0.05) is 10.4 Å². The minimum atomic E-state index is -1.67. The zero-order chi connectivity index (χ0) is 20.0. The van der Waals surface area contributed by atoms with Crippen LogP contribution in [0.3, 0.4) is 0 Å². The molecule has 0 saturated carbocycles. The van der Waals surface area contributed by atoms with Crippen molar-refractivity contribution >= 4 is 30.0 Å². The molecule has 0 spiro atoms. The molecule has 0 unspecified atom stereocenters. The Morgan fingerprint density at radius 1 is 1.11 bits per heavy atom. The van der Waals surface area contributed by atoms with Crippen LogP contribution in [0.15, 0.2) is 33.9 Å². The molecule has 0 aromatic heterocycles. The van der Waals surface area contributed by atoms with Crippen LogP contribution in [-0.4, -0.2) is 26.2 Å². The number of oxime groups is 1. The second-order valence-corrected chi connectivity index (χ2v) is 13.8. The Kier molecular flexibility index (Phi) is 8.57. The van der Waals surface area contributed by atoms with E-state index in [1.807, 2.05) is 0 Å². The summed E-state index contributed by atoms with van der Waals surface area (Å²) >= 11 is 3.71. The van der Waals surface area contributed by atoms with Crippen molar-refractivity contribution in [3.8, 4) is 0 Å². The molecule has 0 amide bonds. The topological polar surface area (TPSA) is 30.8 Å². The molecule has 1 aliphatic rings. The third-order valence-corrected chi connectivity index (χ3v) is 11.5. The summed E-state index contributed by atoms with van der Waals surface area (Å²) in [7, 11) is -1.67. The monoisotopic (exact) mass is 453 g/mol. The van der Waals surface area contributed by atoms with Gasteiger partial charge >= 0.3 is 0 Å². The van der Waals surface area contributed by atoms with Gasteiger partial charge in [-0.2, -0.15) is 0 Å². The van der Waals surface area contributed by atoms with E-state index in [9.17, 15) is 0 Å². The van der Waals surface area contributed by atoms with E-state index in [-0.39, 0.29) is 18.1 Å². The fraction of sp³-hybridized carbons (Fsp3) is 0.682. The molecule has 0 N–H and O–H groups in total. The highest BCUT2D eigenvalue weighted by Gasteiger charge is 2.42. The maximum absolute atomic E-state index is 6.75. The number of nitrogens with zero attached hydrogens (tertiary/aromatic N) is 1. The summed E-state index contributed by atoms with van der Waals surface area (Å²) in [6.07, 6.45) is 1.99. The predicted molar refractivity (Wildman–Crippen MR) is 121 cm³/mol. The van der Waals surface area contributed by atoms with Crippen molar-refractivity contribution in [2.24, 2.45) is 17.0 Å². The van der Waals surface area contributed by atoms with Crippen LogP contribution in [0.25, 0.3) is 0 Å². The van der Waals surface area contributed by atoms with Crippen LogP contribution in [0.2, 0.25) is 18.1 Å². The van der Waals surface area contributed by atoms with Gasteiger partial charge in [0.05, 0.1) is 11.8 Å².